The minimum Gasteiger partial charge on any atom is -0.313 e. The largest absolute Gasteiger partial charge is 0.313 e. The first-order valence-corrected chi connectivity index (χ1v) is 10.8. The Balaban J connectivity index is 2.03. The summed E-state index contributed by atoms with van der Waals surface area (Å²) in [6.45, 7) is 1.67. The topological polar surface area (TPSA) is 51.1 Å². The summed E-state index contributed by atoms with van der Waals surface area (Å²) in [6, 6.07) is 11.1. The summed E-state index contributed by atoms with van der Waals surface area (Å²) >= 11 is 6.17. The summed E-state index contributed by atoms with van der Waals surface area (Å²) in [7, 11) is -2.12. The lowest BCUT2D eigenvalue weighted by Crippen LogP contribution is -2.17. The second-order valence-corrected chi connectivity index (χ2v) is 9.13. The van der Waals surface area contributed by atoms with Gasteiger partial charge < -0.3 is 5.32 Å². The third kappa shape index (κ3) is 2.87. The van der Waals surface area contributed by atoms with Crippen molar-refractivity contribution in [2.24, 2.45) is 0 Å². The van der Waals surface area contributed by atoms with Crippen molar-refractivity contribution >= 4 is 21.6 Å². The maximum Gasteiger partial charge on any atom is 0.268 e. The Morgan fingerprint density at radius 1 is 1.18 bits per heavy atom. The van der Waals surface area contributed by atoms with Crippen molar-refractivity contribution in [1.29, 1.82) is 0 Å². The summed E-state index contributed by atoms with van der Waals surface area (Å²) < 4.78 is 43.0. The van der Waals surface area contributed by atoms with Gasteiger partial charge in [-0.3, -0.25) is 0 Å². The zero-order valence-corrected chi connectivity index (χ0v) is 17.1. The normalized spacial score (nSPS) is 16.4. The Bertz CT molecular complexity index is 1170. The molecule has 0 radical (unpaired) electrons. The van der Waals surface area contributed by atoms with E-state index in [1.54, 1.807) is 43.5 Å². The van der Waals surface area contributed by atoms with E-state index in [9.17, 15) is 12.8 Å². The van der Waals surface area contributed by atoms with Gasteiger partial charge in [-0.15, -0.1) is 0 Å². The van der Waals surface area contributed by atoms with E-state index in [0.717, 1.165) is 17.5 Å². The highest BCUT2D eigenvalue weighted by Crippen LogP contribution is 2.42. The van der Waals surface area contributed by atoms with Gasteiger partial charge in [0.05, 0.1) is 10.6 Å². The van der Waals surface area contributed by atoms with Crippen molar-refractivity contribution in [2.75, 3.05) is 7.05 Å². The molecule has 1 heterocycles. The number of nitrogens with one attached hydrogen (secondary N) is 1. The third-order valence-corrected chi connectivity index (χ3v) is 7.62. The standard InChI is InChI=1S/C21H20ClFN2O2S/c1-13-17(22)7-5-9-20(13)28(26,27)25-12-16-14(10-11-19(16)24-2)21(25)15-6-3-4-8-18(15)23/h3-9,12,19,24H,10-11H2,1-2H3. The fourth-order valence-corrected chi connectivity index (χ4v) is 5.83. The van der Waals surface area contributed by atoms with Crippen molar-refractivity contribution < 1.29 is 12.8 Å². The van der Waals surface area contributed by atoms with E-state index < -0.39 is 15.8 Å². The third-order valence-electron chi connectivity index (χ3n) is 5.40. The molecule has 0 saturated heterocycles. The molecular weight excluding hydrogens is 399 g/mol. The van der Waals surface area contributed by atoms with Crippen molar-refractivity contribution in [3.8, 4) is 11.3 Å². The maximum absolute atomic E-state index is 14.7. The van der Waals surface area contributed by atoms with Crippen LogP contribution in [0.4, 0.5) is 4.39 Å². The van der Waals surface area contributed by atoms with E-state index >= 15 is 0 Å². The summed E-state index contributed by atoms with van der Waals surface area (Å²) in [4.78, 5) is 0.118. The Labute approximate surface area is 169 Å². The van der Waals surface area contributed by atoms with Crippen molar-refractivity contribution in [1.82, 2.24) is 9.29 Å². The van der Waals surface area contributed by atoms with Crippen molar-refractivity contribution in [2.45, 2.75) is 30.7 Å². The van der Waals surface area contributed by atoms with Gasteiger partial charge in [-0.1, -0.05) is 29.8 Å². The first kappa shape index (κ1) is 19.2. The van der Waals surface area contributed by atoms with Gasteiger partial charge in [0.15, 0.2) is 0 Å². The van der Waals surface area contributed by atoms with Crippen LogP contribution in [0, 0.1) is 12.7 Å². The fourth-order valence-electron chi connectivity index (χ4n) is 3.94. The predicted octanol–water partition coefficient (Wildman–Crippen LogP) is 4.70. The van der Waals surface area contributed by atoms with Crippen LogP contribution < -0.4 is 5.32 Å². The van der Waals surface area contributed by atoms with Crippen LogP contribution in [0.5, 0.6) is 0 Å². The average molecular weight is 419 g/mol. The number of aromatic nitrogens is 1. The van der Waals surface area contributed by atoms with Crippen LogP contribution in [0.15, 0.2) is 53.6 Å². The second-order valence-electron chi connectivity index (χ2n) is 6.94. The highest BCUT2D eigenvalue weighted by Gasteiger charge is 2.33. The molecule has 1 aliphatic rings. The van der Waals surface area contributed by atoms with Gasteiger partial charge in [-0.25, -0.2) is 16.8 Å². The lowest BCUT2D eigenvalue weighted by molar-refractivity contribution is 0.578. The van der Waals surface area contributed by atoms with Gasteiger partial charge in [0, 0.05) is 22.8 Å². The molecule has 2 aromatic carbocycles. The minimum absolute atomic E-state index is 0.0393. The average Bonchev–Trinajstić information content (AvgIpc) is 3.23. The van der Waals surface area contributed by atoms with E-state index in [1.165, 1.54) is 16.1 Å². The minimum atomic E-state index is -3.96. The molecular formula is C21H20ClFN2O2S. The lowest BCUT2D eigenvalue weighted by Gasteiger charge is -2.15. The smallest absolute Gasteiger partial charge is 0.268 e. The SMILES string of the molecule is CNC1CCc2c1cn(S(=O)(=O)c1cccc(Cl)c1C)c2-c1ccccc1F. The molecule has 28 heavy (non-hydrogen) atoms. The molecule has 1 aromatic heterocycles. The van der Waals surface area contributed by atoms with Gasteiger partial charge in [-0.2, -0.15) is 0 Å². The van der Waals surface area contributed by atoms with E-state index in [0.29, 0.717) is 22.7 Å². The molecule has 1 atom stereocenters. The van der Waals surface area contributed by atoms with E-state index in [-0.39, 0.29) is 16.5 Å². The van der Waals surface area contributed by atoms with Gasteiger partial charge in [0.2, 0.25) is 0 Å². The predicted molar refractivity (Wildman–Crippen MR) is 109 cm³/mol. The number of benzene rings is 2. The lowest BCUT2D eigenvalue weighted by atomic mass is 10.1. The number of hydrogen-bond donors (Lipinski definition) is 1. The van der Waals surface area contributed by atoms with Crippen LogP contribution in [-0.4, -0.2) is 19.4 Å². The zero-order valence-electron chi connectivity index (χ0n) is 15.5. The van der Waals surface area contributed by atoms with Crippen LogP contribution in [0.2, 0.25) is 5.02 Å². The number of halogens is 2. The second kappa shape index (κ2) is 7.03. The molecule has 3 aromatic rings. The summed E-state index contributed by atoms with van der Waals surface area (Å²) in [5.41, 5.74) is 2.91. The summed E-state index contributed by atoms with van der Waals surface area (Å²) in [5, 5.41) is 3.59. The number of rotatable bonds is 4. The Morgan fingerprint density at radius 3 is 2.64 bits per heavy atom. The van der Waals surface area contributed by atoms with Gasteiger partial charge in [-0.05, 0) is 67.8 Å². The quantitative estimate of drug-likeness (QED) is 0.668. The van der Waals surface area contributed by atoms with E-state index in [2.05, 4.69) is 5.32 Å². The zero-order chi connectivity index (χ0) is 20.1. The molecule has 0 amide bonds. The molecule has 1 aliphatic carbocycles. The maximum atomic E-state index is 14.7. The highest BCUT2D eigenvalue weighted by atomic mass is 35.5. The van der Waals surface area contributed by atoms with E-state index in [1.807, 2.05) is 7.05 Å². The van der Waals surface area contributed by atoms with Crippen LogP contribution in [-0.2, 0) is 16.4 Å². The van der Waals surface area contributed by atoms with Gasteiger partial charge in [0.1, 0.15) is 5.82 Å². The molecule has 0 bridgehead atoms. The molecule has 0 saturated carbocycles. The highest BCUT2D eigenvalue weighted by molar-refractivity contribution is 7.90. The number of nitrogens with zero attached hydrogens (tertiary/aromatic N) is 1. The van der Waals surface area contributed by atoms with Crippen molar-refractivity contribution in [3.63, 3.8) is 0 Å². The first-order valence-electron chi connectivity index (χ1n) is 9.03. The molecule has 4 rings (SSSR count). The Hall–Kier alpha value is -2.15. The van der Waals surface area contributed by atoms with Crippen LogP contribution in [0.1, 0.15) is 29.2 Å². The molecule has 0 spiro atoms. The summed E-state index contributed by atoms with van der Waals surface area (Å²) in [5.74, 6) is -0.449. The van der Waals surface area contributed by atoms with Crippen LogP contribution in [0.25, 0.3) is 11.3 Å². The molecule has 7 heteroatoms. The van der Waals surface area contributed by atoms with Gasteiger partial charge >= 0.3 is 0 Å². The van der Waals surface area contributed by atoms with Crippen LogP contribution >= 0.6 is 11.6 Å². The van der Waals surface area contributed by atoms with Gasteiger partial charge in [0.25, 0.3) is 10.0 Å². The number of hydrogen-bond acceptors (Lipinski definition) is 3. The molecule has 1 unspecified atom stereocenters. The molecule has 0 aliphatic heterocycles. The Morgan fingerprint density at radius 2 is 1.93 bits per heavy atom. The van der Waals surface area contributed by atoms with E-state index in [4.69, 9.17) is 11.6 Å². The van der Waals surface area contributed by atoms with Crippen LogP contribution in [0.3, 0.4) is 0 Å². The molecule has 4 nitrogen and oxygen atoms in total. The van der Waals surface area contributed by atoms with Crippen molar-refractivity contribution in [3.05, 3.63) is 76.2 Å². The summed E-state index contributed by atoms with van der Waals surface area (Å²) in [6.07, 6.45) is 3.15. The first-order chi connectivity index (χ1) is 13.4. The molecule has 146 valence electrons. The number of fused-ring (bicyclic) bond motifs is 1. The molecule has 0 fully saturated rings. The fraction of sp³-hybridized carbons (Fsp3) is 0.238. The Kier molecular flexibility index (Phi) is 4.81. The molecule has 1 N–H and O–H groups in total. The monoisotopic (exact) mass is 418 g/mol.